The van der Waals surface area contributed by atoms with E-state index >= 15 is 0 Å². The molecule has 0 bridgehead atoms. The highest BCUT2D eigenvalue weighted by atomic mass is 19.1. The molecule has 0 radical (unpaired) electrons. The fourth-order valence-electron chi connectivity index (χ4n) is 2.53. The van der Waals surface area contributed by atoms with Crippen LogP contribution in [0.15, 0.2) is 47.0 Å². The van der Waals surface area contributed by atoms with E-state index in [-0.39, 0.29) is 18.1 Å². The van der Waals surface area contributed by atoms with E-state index in [2.05, 4.69) is 15.8 Å². The van der Waals surface area contributed by atoms with Crippen molar-refractivity contribution in [2.24, 2.45) is 0 Å². The first-order valence-electron chi connectivity index (χ1n) is 7.35. The van der Waals surface area contributed by atoms with Crippen LogP contribution in [-0.4, -0.2) is 11.2 Å². The highest BCUT2D eigenvalue weighted by molar-refractivity contribution is 6.00. The third-order valence-corrected chi connectivity index (χ3v) is 3.70. The van der Waals surface area contributed by atoms with Gasteiger partial charge in [-0.15, -0.1) is 0 Å². The minimum Gasteiger partial charge on any atom is -0.488 e. The smallest absolute Gasteiger partial charge is 0.325 e. The Morgan fingerprint density at radius 2 is 1.96 bits per heavy atom. The predicted octanol–water partition coefficient (Wildman–Crippen LogP) is 4.16. The average molecular weight is 343 g/mol. The molecular formula is C17H11F2N3O3. The summed E-state index contributed by atoms with van der Waals surface area (Å²) in [6, 6.07) is 9.40. The molecule has 0 unspecified atom stereocenters. The third kappa shape index (κ3) is 2.78. The summed E-state index contributed by atoms with van der Waals surface area (Å²) in [5, 5.41) is 8.60. The topological polar surface area (TPSA) is 76.4 Å². The van der Waals surface area contributed by atoms with Crippen molar-refractivity contribution in [3.8, 4) is 17.1 Å². The van der Waals surface area contributed by atoms with Crippen LogP contribution in [0.3, 0.4) is 0 Å². The second-order valence-corrected chi connectivity index (χ2v) is 5.33. The quantitative estimate of drug-likeness (QED) is 0.733. The molecule has 2 heterocycles. The van der Waals surface area contributed by atoms with Crippen LogP contribution in [0, 0.1) is 11.6 Å². The number of carbonyl (C=O) groups is 1. The Hall–Kier alpha value is -3.42. The number of amides is 2. The fourth-order valence-corrected chi connectivity index (χ4v) is 2.53. The van der Waals surface area contributed by atoms with Gasteiger partial charge in [0, 0.05) is 6.07 Å². The Morgan fingerprint density at radius 3 is 2.80 bits per heavy atom. The molecule has 2 aromatic carbocycles. The first kappa shape index (κ1) is 15.1. The Labute approximate surface area is 140 Å². The van der Waals surface area contributed by atoms with Gasteiger partial charge in [0.1, 0.15) is 24.0 Å². The van der Waals surface area contributed by atoms with Gasteiger partial charge in [-0.1, -0.05) is 17.3 Å². The molecule has 25 heavy (non-hydrogen) atoms. The predicted molar refractivity (Wildman–Crippen MR) is 85.3 cm³/mol. The molecule has 0 aliphatic carbocycles. The summed E-state index contributed by atoms with van der Waals surface area (Å²) in [6.45, 7) is 0.177. The summed E-state index contributed by atoms with van der Waals surface area (Å²) in [4.78, 5) is 12.0. The van der Waals surface area contributed by atoms with Gasteiger partial charge in [-0.25, -0.2) is 13.6 Å². The Morgan fingerprint density at radius 1 is 1.12 bits per heavy atom. The number of hydrogen-bond acceptors (Lipinski definition) is 4. The number of nitrogens with one attached hydrogen (secondary N) is 2. The fraction of sp³-hybridized carbons (Fsp3) is 0.0588. The number of carbonyl (C=O) groups excluding carboxylic acids is 1. The molecule has 1 aromatic heterocycles. The second-order valence-electron chi connectivity index (χ2n) is 5.33. The number of halogens is 2. The summed E-state index contributed by atoms with van der Waals surface area (Å²) >= 11 is 0. The lowest BCUT2D eigenvalue weighted by Crippen LogP contribution is -2.21. The molecule has 1 aliphatic heterocycles. The van der Waals surface area contributed by atoms with Gasteiger partial charge in [0.15, 0.2) is 11.6 Å². The standard InChI is InChI=1S/C17H11F2N3O3/c18-9-5-6-13(12(19)7-9)20-17(23)21-16-11-8-24-14-4-2-1-3-10(14)15(11)25-22-16/h1-7H,8H2,(H2,20,21,22,23). The zero-order valence-electron chi connectivity index (χ0n) is 12.7. The number of hydrogen-bond donors (Lipinski definition) is 2. The van der Waals surface area contributed by atoms with E-state index in [1.807, 2.05) is 18.2 Å². The number of nitrogens with zero attached hydrogens (tertiary/aromatic N) is 1. The Bertz CT molecular complexity index is 972. The molecule has 6 nitrogen and oxygen atoms in total. The van der Waals surface area contributed by atoms with Crippen LogP contribution < -0.4 is 15.4 Å². The molecule has 2 amide bonds. The highest BCUT2D eigenvalue weighted by Gasteiger charge is 2.26. The molecule has 1 aliphatic rings. The number of ether oxygens (including phenoxy) is 1. The monoisotopic (exact) mass is 343 g/mol. The molecule has 0 saturated heterocycles. The third-order valence-electron chi connectivity index (χ3n) is 3.70. The number of fused-ring (bicyclic) bond motifs is 3. The number of anilines is 2. The van der Waals surface area contributed by atoms with Gasteiger partial charge in [-0.2, -0.15) is 0 Å². The van der Waals surface area contributed by atoms with Crippen LogP contribution in [0.4, 0.5) is 25.1 Å². The van der Waals surface area contributed by atoms with Crippen molar-refractivity contribution in [3.05, 3.63) is 59.7 Å². The molecule has 0 spiro atoms. The second kappa shape index (κ2) is 5.90. The van der Waals surface area contributed by atoms with E-state index < -0.39 is 17.7 Å². The van der Waals surface area contributed by atoms with E-state index in [1.165, 1.54) is 0 Å². The van der Waals surface area contributed by atoms with E-state index in [0.717, 1.165) is 17.7 Å². The van der Waals surface area contributed by atoms with Gasteiger partial charge >= 0.3 is 6.03 Å². The zero-order chi connectivity index (χ0) is 17.4. The Balaban J connectivity index is 1.55. The highest BCUT2D eigenvalue weighted by Crippen LogP contribution is 2.40. The SMILES string of the molecule is O=C(Nc1ccc(F)cc1F)Nc1noc2c1COc1ccccc1-2. The number of benzene rings is 2. The van der Waals surface area contributed by atoms with Crippen LogP contribution in [-0.2, 0) is 6.61 Å². The lowest BCUT2D eigenvalue weighted by molar-refractivity contribution is 0.261. The summed E-state index contributed by atoms with van der Waals surface area (Å²) < 4.78 is 37.4. The van der Waals surface area contributed by atoms with Gasteiger partial charge in [-0.05, 0) is 24.3 Å². The van der Waals surface area contributed by atoms with Crippen molar-refractivity contribution < 1.29 is 22.8 Å². The van der Waals surface area contributed by atoms with E-state index in [0.29, 0.717) is 23.1 Å². The zero-order valence-corrected chi connectivity index (χ0v) is 12.7. The summed E-state index contributed by atoms with van der Waals surface area (Å²) in [7, 11) is 0. The molecule has 0 fully saturated rings. The number of urea groups is 1. The van der Waals surface area contributed by atoms with Crippen molar-refractivity contribution in [3.63, 3.8) is 0 Å². The normalized spacial score (nSPS) is 11.9. The lowest BCUT2D eigenvalue weighted by atomic mass is 10.1. The molecule has 0 saturated carbocycles. The van der Waals surface area contributed by atoms with E-state index in [4.69, 9.17) is 9.26 Å². The molecule has 2 N–H and O–H groups in total. The summed E-state index contributed by atoms with van der Waals surface area (Å²) in [5.74, 6) is -0.274. The van der Waals surface area contributed by atoms with Crippen LogP contribution in [0.2, 0.25) is 0 Å². The molecule has 0 atom stereocenters. The lowest BCUT2D eigenvalue weighted by Gasteiger charge is -2.16. The van der Waals surface area contributed by atoms with Crippen molar-refractivity contribution in [2.45, 2.75) is 6.61 Å². The van der Waals surface area contributed by atoms with Gasteiger partial charge < -0.3 is 14.6 Å². The van der Waals surface area contributed by atoms with E-state index in [1.54, 1.807) is 6.07 Å². The van der Waals surface area contributed by atoms with Crippen molar-refractivity contribution in [1.29, 1.82) is 0 Å². The van der Waals surface area contributed by atoms with E-state index in [9.17, 15) is 13.6 Å². The minimum atomic E-state index is -0.880. The van der Waals surface area contributed by atoms with Gasteiger partial charge in [0.05, 0.1) is 16.8 Å². The maximum Gasteiger partial charge on any atom is 0.325 e. The summed E-state index contributed by atoms with van der Waals surface area (Å²) in [6.07, 6.45) is 0. The first-order valence-corrected chi connectivity index (χ1v) is 7.35. The molecule has 8 heteroatoms. The van der Waals surface area contributed by atoms with Gasteiger partial charge in [0.2, 0.25) is 0 Å². The maximum atomic E-state index is 13.6. The van der Waals surface area contributed by atoms with Gasteiger partial charge in [-0.3, -0.25) is 5.32 Å². The van der Waals surface area contributed by atoms with Crippen LogP contribution in [0.25, 0.3) is 11.3 Å². The average Bonchev–Trinajstić information content (AvgIpc) is 3.01. The molecule has 126 valence electrons. The number of aromatic nitrogens is 1. The van der Waals surface area contributed by atoms with Crippen LogP contribution in [0.1, 0.15) is 5.56 Å². The van der Waals surface area contributed by atoms with Crippen LogP contribution >= 0.6 is 0 Å². The van der Waals surface area contributed by atoms with Crippen molar-refractivity contribution >= 4 is 17.5 Å². The molecule has 3 aromatic rings. The minimum absolute atomic E-state index is 0.155. The molecular weight excluding hydrogens is 332 g/mol. The Kier molecular flexibility index (Phi) is 3.57. The van der Waals surface area contributed by atoms with Crippen LogP contribution in [0.5, 0.6) is 5.75 Å². The largest absolute Gasteiger partial charge is 0.488 e. The van der Waals surface area contributed by atoms with Gasteiger partial charge in [0.25, 0.3) is 0 Å². The first-order chi connectivity index (χ1) is 12.1. The van der Waals surface area contributed by atoms with Crippen molar-refractivity contribution in [1.82, 2.24) is 5.16 Å². The van der Waals surface area contributed by atoms with Crippen molar-refractivity contribution in [2.75, 3.05) is 10.6 Å². The molecule has 4 rings (SSSR count). The summed E-state index contributed by atoms with van der Waals surface area (Å²) in [5.41, 5.74) is 1.15. The number of rotatable bonds is 2. The number of para-hydroxylation sites is 1. The maximum absolute atomic E-state index is 13.6.